The van der Waals surface area contributed by atoms with Gasteiger partial charge in [0.1, 0.15) is 6.04 Å². The number of benzene rings is 1. The summed E-state index contributed by atoms with van der Waals surface area (Å²) >= 11 is 0. The summed E-state index contributed by atoms with van der Waals surface area (Å²) in [4.78, 5) is 12.0. The second-order valence-electron chi connectivity index (χ2n) is 4.41. The quantitative estimate of drug-likeness (QED) is 0.836. The highest BCUT2D eigenvalue weighted by atomic mass is 16.5. The Morgan fingerprint density at radius 2 is 2.25 bits per heavy atom. The standard InChI is InChI=1S/C15H15N3O2/c1-4-12-6-5-7-13(9-12)16-11(3)15(19)17-14-8-10(2)18-20-14/h1,5-9,11,16H,2-3H3,(H,17,19). The zero-order valence-electron chi connectivity index (χ0n) is 11.3. The Balaban J connectivity index is 1.98. The van der Waals surface area contributed by atoms with Crippen LogP contribution in [0, 0.1) is 19.3 Å². The highest BCUT2D eigenvalue weighted by molar-refractivity contribution is 5.95. The van der Waals surface area contributed by atoms with E-state index in [1.165, 1.54) is 0 Å². The van der Waals surface area contributed by atoms with E-state index < -0.39 is 6.04 Å². The van der Waals surface area contributed by atoms with Gasteiger partial charge in [-0.2, -0.15) is 0 Å². The maximum atomic E-state index is 12.0. The molecule has 1 amide bonds. The van der Waals surface area contributed by atoms with E-state index in [-0.39, 0.29) is 5.91 Å². The molecule has 1 heterocycles. The molecule has 102 valence electrons. The van der Waals surface area contributed by atoms with E-state index in [2.05, 4.69) is 21.7 Å². The topological polar surface area (TPSA) is 67.2 Å². The van der Waals surface area contributed by atoms with Gasteiger partial charge in [-0.25, -0.2) is 0 Å². The fraction of sp³-hybridized carbons (Fsp3) is 0.200. The first kappa shape index (κ1) is 13.7. The van der Waals surface area contributed by atoms with Gasteiger partial charge in [-0.05, 0) is 32.0 Å². The molecule has 1 unspecified atom stereocenters. The van der Waals surface area contributed by atoms with Gasteiger partial charge in [0, 0.05) is 17.3 Å². The van der Waals surface area contributed by atoms with Crippen molar-refractivity contribution < 1.29 is 9.32 Å². The molecular weight excluding hydrogens is 254 g/mol. The smallest absolute Gasteiger partial charge is 0.248 e. The summed E-state index contributed by atoms with van der Waals surface area (Å²) in [5.41, 5.74) is 2.26. The Bertz CT molecular complexity index is 655. The Labute approximate surface area is 117 Å². The average Bonchev–Trinajstić information content (AvgIpc) is 2.84. The number of amides is 1. The molecule has 0 saturated heterocycles. The van der Waals surface area contributed by atoms with Gasteiger partial charge in [0.05, 0.1) is 5.69 Å². The van der Waals surface area contributed by atoms with Gasteiger partial charge in [0.2, 0.25) is 11.8 Å². The van der Waals surface area contributed by atoms with Crippen LogP contribution < -0.4 is 10.6 Å². The van der Waals surface area contributed by atoms with E-state index in [4.69, 9.17) is 10.9 Å². The molecule has 0 radical (unpaired) electrons. The number of hydrogen-bond acceptors (Lipinski definition) is 4. The number of anilines is 2. The Morgan fingerprint density at radius 1 is 1.45 bits per heavy atom. The minimum Gasteiger partial charge on any atom is -0.374 e. The first-order valence-electron chi connectivity index (χ1n) is 6.16. The highest BCUT2D eigenvalue weighted by Gasteiger charge is 2.14. The lowest BCUT2D eigenvalue weighted by Crippen LogP contribution is -2.31. The molecule has 0 saturated carbocycles. The molecular formula is C15H15N3O2. The number of nitrogens with zero attached hydrogens (tertiary/aromatic N) is 1. The number of carbonyl (C=O) groups excluding carboxylic acids is 1. The largest absolute Gasteiger partial charge is 0.374 e. The summed E-state index contributed by atoms with van der Waals surface area (Å²) in [5, 5.41) is 9.42. The first-order valence-corrected chi connectivity index (χ1v) is 6.16. The molecule has 0 aliphatic heterocycles. The first-order chi connectivity index (χ1) is 9.58. The zero-order chi connectivity index (χ0) is 14.5. The van der Waals surface area contributed by atoms with Gasteiger partial charge >= 0.3 is 0 Å². The molecule has 1 aromatic heterocycles. The van der Waals surface area contributed by atoms with Crippen LogP contribution in [0.4, 0.5) is 11.6 Å². The second-order valence-corrected chi connectivity index (χ2v) is 4.41. The molecule has 5 nitrogen and oxygen atoms in total. The summed E-state index contributed by atoms with van der Waals surface area (Å²) in [5.74, 6) is 2.67. The minimum absolute atomic E-state index is 0.215. The SMILES string of the molecule is C#Cc1cccc(NC(C)C(=O)Nc2cc(C)no2)c1. The van der Waals surface area contributed by atoms with Crippen molar-refractivity contribution in [2.75, 3.05) is 10.6 Å². The number of terminal acetylenes is 1. The number of aromatic nitrogens is 1. The molecule has 0 fully saturated rings. The molecule has 0 bridgehead atoms. The fourth-order valence-corrected chi connectivity index (χ4v) is 1.67. The molecule has 1 atom stereocenters. The number of nitrogens with one attached hydrogen (secondary N) is 2. The number of carbonyl (C=O) groups is 1. The van der Waals surface area contributed by atoms with Crippen LogP contribution in [0.1, 0.15) is 18.2 Å². The molecule has 2 N–H and O–H groups in total. The normalized spacial score (nSPS) is 11.4. The lowest BCUT2D eigenvalue weighted by molar-refractivity contribution is -0.116. The van der Waals surface area contributed by atoms with Crippen molar-refractivity contribution >= 4 is 17.5 Å². The summed E-state index contributed by atoms with van der Waals surface area (Å²) in [6.07, 6.45) is 5.34. The fourth-order valence-electron chi connectivity index (χ4n) is 1.67. The van der Waals surface area contributed by atoms with Crippen LogP contribution in [-0.2, 0) is 4.79 Å². The van der Waals surface area contributed by atoms with E-state index in [9.17, 15) is 4.79 Å². The van der Waals surface area contributed by atoms with Crippen molar-refractivity contribution in [3.05, 3.63) is 41.6 Å². The van der Waals surface area contributed by atoms with Crippen LogP contribution >= 0.6 is 0 Å². The molecule has 0 aliphatic rings. The van der Waals surface area contributed by atoms with E-state index >= 15 is 0 Å². The molecule has 20 heavy (non-hydrogen) atoms. The highest BCUT2D eigenvalue weighted by Crippen LogP contribution is 2.13. The summed E-state index contributed by atoms with van der Waals surface area (Å²) in [6.45, 7) is 3.53. The minimum atomic E-state index is -0.437. The molecule has 2 aromatic rings. The monoisotopic (exact) mass is 269 g/mol. The van der Waals surface area contributed by atoms with Crippen molar-refractivity contribution in [1.82, 2.24) is 5.16 Å². The zero-order valence-corrected chi connectivity index (χ0v) is 11.3. The van der Waals surface area contributed by atoms with E-state index in [0.29, 0.717) is 11.6 Å². The van der Waals surface area contributed by atoms with Crippen LogP contribution in [0.5, 0.6) is 0 Å². The third-order valence-electron chi connectivity index (χ3n) is 2.68. The van der Waals surface area contributed by atoms with Gasteiger partial charge in [-0.15, -0.1) is 6.42 Å². The van der Waals surface area contributed by atoms with Crippen LogP contribution in [0.3, 0.4) is 0 Å². The van der Waals surface area contributed by atoms with E-state index in [0.717, 1.165) is 11.3 Å². The van der Waals surface area contributed by atoms with Crippen molar-refractivity contribution in [2.24, 2.45) is 0 Å². The average molecular weight is 269 g/mol. The Hall–Kier alpha value is -2.74. The summed E-state index contributed by atoms with van der Waals surface area (Å²) in [6, 6.07) is 8.54. The third kappa shape index (κ3) is 3.39. The van der Waals surface area contributed by atoms with E-state index in [1.807, 2.05) is 24.3 Å². The Morgan fingerprint density at radius 3 is 2.90 bits per heavy atom. The van der Waals surface area contributed by atoms with Crippen molar-refractivity contribution in [1.29, 1.82) is 0 Å². The van der Waals surface area contributed by atoms with Crippen LogP contribution in [0.25, 0.3) is 0 Å². The lowest BCUT2D eigenvalue weighted by Gasteiger charge is -2.14. The lowest BCUT2D eigenvalue weighted by atomic mass is 10.2. The van der Waals surface area contributed by atoms with Crippen LogP contribution in [0.2, 0.25) is 0 Å². The molecule has 0 aliphatic carbocycles. The van der Waals surface area contributed by atoms with Gasteiger partial charge in [0.15, 0.2) is 0 Å². The molecule has 1 aromatic carbocycles. The number of aryl methyl sites for hydroxylation is 1. The van der Waals surface area contributed by atoms with Gasteiger partial charge in [-0.1, -0.05) is 17.1 Å². The Kier molecular flexibility index (Phi) is 4.06. The summed E-state index contributed by atoms with van der Waals surface area (Å²) < 4.78 is 4.94. The molecule has 0 spiro atoms. The van der Waals surface area contributed by atoms with Crippen molar-refractivity contribution in [3.8, 4) is 12.3 Å². The molecule has 5 heteroatoms. The van der Waals surface area contributed by atoms with Crippen molar-refractivity contribution in [3.63, 3.8) is 0 Å². The summed E-state index contributed by atoms with van der Waals surface area (Å²) in [7, 11) is 0. The maximum absolute atomic E-state index is 12.0. The maximum Gasteiger partial charge on any atom is 0.248 e. The third-order valence-corrected chi connectivity index (χ3v) is 2.68. The van der Waals surface area contributed by atoms with E-state index in [1.54, 1.807) is 19.9 Å². The van der Waals surface area contributed by atoms with Gasteiger partial charge in [0.25, 0.3) is 0 Å². The second kappa shape index (κ2) is 5.93. The molecule has 2 rings (SSSR count). The van der Waals surface area contributed by atoms with Crippen LogP contribution in [0.15, 0.2) is 34.9 Å². The van der Waals surface area contributed by atoms with Crippen LogP contribution in [-0.4, -0.2) is 17.1 Å². The number of rotatable bonds is 4. The van der Waals surface area contributed by atoms with Gasteiger partial charge in [-0.3, -0.25) is 10.1 Å². The van der Waals surface area contributed by atoms with Gasteiger partial charge < -0.3 is 9.84 Å². The predicted molar refractivity (Wildman–Crippen MR) is 77.3 cm³/mol. The van der Waals surface area contributed by atoms with Crippen molar-refractivity contribution in [2.45, 2.75) is 19.9 Å². The predicted octanol–water partition coefficient (Wildman–Crippen LogP) is 2.40. The number of hydrogen-bond donors (Lipinski definition) is 2.